The Morgan fingerprint density at radius 1 is 1.45 bits per heavy atom. The third kappa shape index (κ3) is 3.88. The molecule has 1 fully saturated rings. The molecule has 0 heterocycles. The van der Waals surface area contributed by atoms with Crippen LogP contribution in [0.4, 0.5) is 9.18 Å². The summed E-state index contributed by atoms with van der Waals surface area (Å²) in [6.45, 7) is 4.37. The summed E-state index contributed by atoms with van der Waals surface area (Å²) < 4.78 is 24.5. The Kier molecular flexibility index (Phi) is 5.60. The van der Waals surface area contributed by atoms with Gasteiger partial charge in [-0.25, -0.2) is 9.18 Å². The van der Waals surface area contributed by atoms with Crippen molar-refractivity contribution in [3.8, 4) is 5.75 Å². The fourth-order valence-electron chi connectivity index (χ4n) is 2.67. The van der Waals surface area contributed by atoms with Gasteiger partial charge >= 0.3 is 6.03 Å². The summed E-state index contributed by atoms with van der Waals surface area (Å²) in [5, 5.41) is 5.62. The minimum absolute atomic E-state index is 0.117. The van der Waals surface area contributed by atoms with Crippen LogP contribution in [0.2, 0.25) is 0 Å². The van der Waals surface area contributed by atoms with E-state index in [2.05, 4.69) is 10.6 Å². The highest BCUT2D eigenvalue weighted by atomic mass is 19.1. The van der Waals surface area contributed by atoms with Crippen molar-refractivity contribution >= 4 is 6.03 Å². The smallest absolute Gasteiger partial charge is 0.315 e. The van der Waals surface area contributed by atoms with Gasteiger partial charge in [0, 0.05) is 12.6 Å². The Morgan fingerprint density at radius 2 is 2.18 bits per heavy atom. The Balaban J connectivity index is 1.87. The molecule has 0 saturated heterocycles. The molecule has 1 aromatic carbocycles. The Bertz CT molecular complexity index is 518. The number of benzene rings is 1. The Hall–Kier alpha value is -1.82. The maximum absolute atomic E-state index is 13.9. The van der Waals surface area contributed by atoms with Crippen molar-refractivity contribution < 1.29 is 18.7 Å². The fourth-order valence-corrected chi connectivity index (χ4v) is 2.67. The molecule has 0 spiro atoms. The molecule has 0 aromatic heterocycles. The molecule has 6 heteroatoms. The molecule has 1 aliphatic rings. The van der Waals surface area contributed by atoms with E-state index in [-0.39, 0.29) is 18.2 Å². The average molecular weight is 310 g/mol. The van der Waals surface area contributed by atoms with Crippen molar-refractivity contribution in [2.24, 2.45) is 0 Å². The van der Waals surface area contributed by atoms with E-state index in [1.54, 1.807) is 19.1 Å². The van der Waals surface area contributed by atoms with E-state index in [0.29, 0.717) is 17.9 Å². The van der Waals surface area contributed by atoms with Crippen LogP contribution in [-0.2, 0) is 4.74 Å². The van der Waals surface area contributed by atoms with Crippen LogP contribution in [0.1, 0.15) is 38.3 Å². The second-order valence-electron chi connectivity index (χ2n) is 5.44. The highest BCUT2D eigenvalue weighted by Crippen LogP contribution is 2.28. The van der Waals surface area contributed by atoms with Crippen molar-refractivity contribution in [1.82, 2.24) is 10.6 Å². The van der Waals surface area contributed by atoms with E-state index in [9.17, 15) is 9.18 Å². The van der Waals surface area contributed by atoms with Crippen LogP contribution in [-0.4, -0.2) is 31.9 Å². The molecule has 22 heavy (non-hydrogen) atoms. The maximum atomic E-state index is 13.9. The van der Waals surface area contributed by atoms with Crippen LogP contribution in [0.3, 0.4) is 0 Å². The van der Waals surface area contributed by atoms with Gasteiger partial charge in [-0.15, -0.1) is 0 Å². The van der Waals surface area contributed by atoms with E-state index >= 15 is 0 Å². The predicted molar refractivity (Wildman–Crippen MR) is 81.5 cm³/mol. The van der Waals surface area contributed by atoms with Crippen molar-refractivity contribution in [2.75, 3.05) is 13.7 Å². The number of amides is 2. The lowest BCUT2D eigenvalue weighted by Crippen LogP contribution is -2.51. The van der Waals surface area contributed by atoms with Crippen LogP contribution in [0.15, 0.2) is 18.2 Å². The number of ether oxygens (including phenoxy) is 2. The van der Waals surface area contributed by atoms with Crippen molar-refractivity contribution in [1.29, 1.82) is 0 Å². The van der Waals surface area contributed by atoms with Gasteiger partial charge in [0.05, 0.1) is 24.8 Å². The first kappa shape index (κ1) is 16.5. The van der Waals surface area contributed by atoms with Gasteiger partial charge < -0.3 is 20.1 Å². The summed E-state index contributed by atoms with van der Waals surface area (Å²) in [7, 11) is 1.48. The number of nitrogens with one attached hydrogen (secondary N) is 2. The van der Waals surface area contributed by atoms with E-state index in [1.165, 1.54) is 13.2 Å². The normalized spacial score (nSPS) is 21.6. The molecule has 1 aliphatic carbocycles. The van der Waals surface area contributed by atoms with Gasteiger partial charge in [0.1, 0.15) is 11.6 Å². The van der Waals surface area contributed by atoms with Crippen molar-refractivity contribution in [2.45, 2.75) is 44.9 Å². The summed E-state index contributed by atoms with van der Waals surface area (Å²) in [6, 6.07) is 3.93. The van der Waals surface area contributed by atoms with Crippen LogP contribution in [0.25, 0.3) is 0 Å². The maximum Gasteiger partial charge on any atom is 0.315 e. The number of carbonyl (C=O) groups is 1. The van der Waals surface area contributed by atoms with Crippen LogP contribution >= 0.6 is 0 Å². The minimum Gasteiger partial charge on any atom is -0.496 e. The summed E-state index contributed by atoms with van der Waals surface area (Å²) in [5.41, 5.74) is 0.348. The number of halogens is 1. The molecule has 2 amide bonds. The number of hydrogen-bond donors (Lipinski definition) is 2. The minimum atomic E-state index is -0.487. The third-order valence-electron chi connectivity index (χ3n) is 3.85. The zero-order valence-corrected chi connectivity index (χ0v) is 13.2. The zero-order chi connectivity index (χ0) is 16.1. The summed E-state index contributed by atoms with van der Waals surface area (Å²) >= 11 is 0. The van der Waals surface area contributed by atoms with Gasteiger partial charge in [-0.2, -0.15) is 0 Å². The largest absolute Gasteiger partial charge is 0.496 e. The second-order valence-corrected chi connectivity index (χ2v) is 5.44. The molecule has 2 rings (SSSR count). The average Bonchev–Trinajstić information content (AvgIpc) is 2.44. The van der Waals surface area contributed by atoms with Gasteiger partial charge in [0.25, 0.3) is 0 Å². The lowest BCUT2D eigenvalue weighted by Gasteiger charge is -2.35. The highest BCUT2D eigenvalue weighted by molar-refractivity contribution is 5.75. The molecule has 5 nitrogen and oxygen atoms in total. The molecule has 1 unspecified atom stereocenters. The predicted octanol–water partition coefficient (Wildman–Crippen LogP) is 2.76. The third-order valence-corrected chi connectivity index (χ3v) is 3.85. The molecule has 1 atom stereocenters. The number of methoxy groups -OCH3 is 1. The summed E-state index contributed by atoms with van der Waals surface area (Å²) in [6.07, 6.45) is 1.87. The molecule has 0 aliphatic heterocycles. The topological polar surface area (TPSA) is 59.6 Å². The number of hydrogen-bond acceptors (Lipinski definition) is 3. The monoisotopic (exact) mass is 310 g/mol. The van der Waals surface area contributed by atoms with E-state index < -0.39 is 11.9 Å². The highest BCUT2D eigenvalue weighted by Gasteiger charge is 2.31. The second kappa shape index (κ2) is 7.45. The quantitative estimate of drug-likeness (QED) is 0.849. The summed E-state index contributed by atoms with van der Waals surface area (Å²) in [5.74, 6) is 0.0278. The van der Waals surface area contributed by atoms with Gasteiger partial charge in [-0.3, -0.25) is 0 Å². The first-order valence-electron chi connectivity index (χ1n) is 7.56. The van der Waals surface area contributed by atoms with Crippen LogP contribution in [0.5, 0.6) is 5.75 Å². The summed E-state index contributed by atoms with van der Waals surface area (Å²) in [4.78, 5) is 12.0. The van der Waals surface area contributed by atoms with Crippen LogP contribution in [0, 0.1) is 5.82 Å². The lowest BCUT2D eigenvalue weighted by molar-refractivity contribution is -0.00713. The van der Waals surface area contributed by atoms with Gasteiger partial charge in [0.2, 0.25) is 0 Å². The number of rotatable bonds is 6. The van der Waals surface area contributed by atoms with Gasteiger partial charge in [0.15, 0.2) is 0 Å². The molecule has 122 valence electrons. The van der Waals surface area contributed by atoms with E-state index in [0.717, 1.165) is 12.8 Å². The van der Waals surface area contributed by atoms with Crippen molar-refractivity contribution in [3.63, 3.8) is 0 Å². The van der Waals surface area contributed by atoms with Crippen LogP contribution < -0.4 is 15.4 Å². The SMILES string of the molecule is CCOC1CC(NC(=O)NC(C)c2c(F)cccc2OC)C1. The fraction of sp³-hybridized carbons (Fsp3) is 0.562. The first-order valence-corrected chi connectivity index (χ1v) is 7.56. The molecular weight excluding hydrogens is 287 g/mol. The standard InChI is InChI=1S/C16H23FN2O3/c1-4-22-12-8-11(9-12)19-16(20)18-10(2)15-13(17)6-5-7-14(15)21-3/h5-7,10-12H,4,8-9H2,1-3H3,(H2,18,19,20). The molecule has 1 aromatic rings. The molecule has 2 N–H and O–H groups in total. The molecule has 0 radical (unpaired) electrons. The number of urea groups is 1. The van der Waals surface area contributed by atoms with E-state index in [4.69, 9.17) is 9.47 Å². The molecule has 1 saturated carbocycles. The number of carbonyl (C=O) groups excluding carboxylic acids is 1. The van der Waals surface area contributed by atoms with E-state index in [1.807, 2.05) is 6.92 Å². The first-order chi connectivity index (χ1) is 10.5. The van der Waals surface area contributed by atoms with Gasteiger partial charge in [-0.1, -0.05) is 6.07 Å². The molecule has 0 bridgehead atoms. The molecular formula is C16H23FN2O3. The Labute approximate surface area is 130 Å². The lowest BCUT2D eigenvalue weighted by atomic mass is 9.89. The Morgan fingerprint density at radius 3 is 2.82 bits per heavy atom. The van der Waals surface area contributed by atoms with Gasteiger partial charge in [-0.05, 0) is 38.8 Å². The zero-order valence-electron chi connectivity index (χ0n) is 13.2. The van der Waals surface area contributed by atoms with Crippen molar-refractivity contribution in [3.05, 3.63) is 29.6 Å².